The quantitative estimate of drug-likeness (QED) is 0.388. The summed E-state index contributed by atoms with van der Waals surface area (Å²) in [5, 5.41) is 11.6. The lowest BCUT2D eigenvalue weighted by molar-refractivity contribution is -0.137. The topological polar surface area (TPSA) is 61.8 Å². The molecule has 0 aromatic heterocycles. The summed E-state index contributed by atoms with van der Waals surface area (Å²) in [6.45, 7) is 5.89. The van der Waals surface area contributed by atoms with Gasteiger partial charge in [-0.2, -0.15) is 13.2 Å². The number of anilines is 1. The Morgan fingerprint density at radius 2 is 1.90 bits per heavy atom. The zero-order valence-electron chi connectivity index (χ0n) is 12.5. The number of amidine groups is 1. The number of alkyl halides is 3. The predicted molar refractivity (Wildman–Crippen MR) is 76.7 cm³/mol. The van der Waals surface area contributed by atoms with E-state index in [-0.39, 0.29) is 16.9 Å². The lowest BCUT2D eigenvalue weighted by Gasteiger charge is -2.38. The molecule has 118 valence electrons. The molecule has 0 amide bonds. The molecule has 0 spiro atoms. The molecule has 0 heterocycles. The number of rotatable bonds is 4. The molecule has 3 N–H and O–H groups in total. The highest BCUT2D eigenvalue weighted by atomic mass is 19.4. The normalized spacial score (nSPS) is 13.4. The number of hydrogen-bond acceptors (Lipinski definition) is 3. The molecule has 0 aliphatic carbocycles. The van der Waals surface area contributed by atoms with Crippen LogP contribution in [0.4, 0.5) is 18.9 Å². The van der Waals surface area contributed by atoms with Crippen molar-refractivity contribution in [1.82, 2.24) is 0 Å². The number of oxime groups is 1. The summed E-state index contributed by atoms with van der Waals surface area (Å²) in [7, 11) is 1.76. The van der Waals surface area contributed by atoms with Crippen molar-refractivity contribution in [2.45, 2.75) is 38.9 Å². The minimum Gasteiger partial charge on any atom is -0.409 e. The maximum absolute atomic E-state index is 12.8. The van der Waals surface area contributed by atoms with Gasteiger partial charge in [0, 0.05) is 23.8 Å². The lowest BCUT2D eigenvalue weighted by atomic mass is 9.97. The van der Waals surface area contributed by atoms with Crippen LogP contribution in [0.1, 0.15) is 38.3 Å². The first-order valence-electron chi connectivity index (χ1n) is 6.47. The highest BCUT2D eigenvalue weighted by Gasteiger charge is 2.32. The number of halogens is 3. The molecular formula is C14H20F3N3O. The molecule has 1 rings (SSSR count). The maximum atomic E-state index is 12.8. The van der Waals surface area contributed by atoms with E-state index in [1.807, 2.05) is 25.7 Å². The molecule has 0 radical (unpaired) electrons. The van der Waals surface area contributed by atoms with E-state index >= 15 is 0 Å². The van der Waals surface area contributed by atoms with Gasteiger partial charge in [0.05, 0.1) is 5.56 Å². The first kappa shape index (κ1) is 17.1. The summed E-state index contributed by atoms with van der Waals surface area (Å²) in [5.41, 5.74) is 4.94. The van der Waals surface area contributed by atoms with E-state index in [0.29, 0.717) is 5.69 Å². The summed E-state index contributed by atoms with van der Waals surface area (Å²) in [6.07, 6.45) is -3.71. The Kier molecular flexibility index (Phi) is 4.76. The van der Waals surface area contributed by atoms with Crippen LogP contribution in [-0.4, -0.2) is 23.6 Å². The van der Waals surface area contributed by atoms with Gasteiger partial charge in [0.2, 0.25) is 0 Å². The molecule has 7 heteroatoms. The van der Waals surface area contributed by atoms with Crippen molar-refractivity contribution in [3.63, 3.8) is 0 Å². The number of hydrogen-bond donors (Lipinski definition) is 2. The molecule has 0 aliphatic rings. The van der Waals surface area contributed by atoms with E-state index in [1.165, 1.54) is 6.07 Å². The van der Waals surface area contributed by atoms with Crippen molar-refractivity contribution < 1.29 is 18.4 Å². The van der Waals surface area contributed by atoms with Crippen molar-refractivity contribution in [2.24, 2.45) is 10.9 Å². The molecule has 0 saturated carbocycles. The second-order valence-electron chi connectivity index (χ2n) is 5.44. The molecular weight excluding hydrogens is 283 g/mol. The minimum absolute atomic E-state index is 0.0522. The number of nitrogens with zero attached hydrogens (tertiary/aromatic N) is 2. The molecule has 0 saturated heterocycles. The maximum Gasteiger partial charge on any atom is 0.416 e. The first-order valence-corrected chi connectivity index (χ1v) is 6.47. The summed E-state index contributed by atoms with van der Waals surface area (Å²) in [4.78, 5) is 1.82. The molecule has 21 heavy (non-hydrogen) atoms. The second-order valence-corrected chi connectivity index (χ2v) is 5.44. The van der Waals surface area contributed by atoms with Crippen LogP contribution in [-0.2, 0) is 6.18 Å². The largest absolute Gasteiger partial charge is 0.416 e. The monoisotopic (exact) mass is 303 g/mol. The van der Waals surface area contributed by atoms with E-state index < -0.39 is 11.7 Å². The Labute approximate surface area is 122 Å². The van der Waals surface area contributed by atoms with Crippen molar-refractivity contribution in [1.29, 1.82) is 0 Å². The van der Waals surface area contributed by atoms with Crippen LogP contribution in [0, 0.1) is 0 Å². The summed E-state index contributed by atoms with van der Waals surface area (Å²) >= 11 is 0. The van der Waals surface area contributed by atoms with Crippen LogP contribution < -0.4 is 10.6 Å². The fourth-order valence-electron chi connectivity index (χ4n) is 1.83. The molecule has 0 unspecified atom stereocenters. The van der Waals surface area contributed by atoms with Crippen molar-refractivity contribution in [3.8, 4) is 0 Å². The summed E-state index contributed by atoms with van der Waals surface area (Å²) in [6, 6.07) is 3.23. The standard InChI is InChI=1S/C14H20F3N3O/c1-5-13(2,3)20(4)11-7-6-9(14(15,16)17)8-10(11)12(18)19-21/h6-8,21H,5H2,1-4H3,(H2,18,19). The van der Waals surface area contributed by atoms with Gasteiger partial charge in [-0.15, -0.1) is 0 Å². The van der Waals surface area contributed by atoms with Gasteiger partial charge in [0.15, 0.2) is 5.84 Å². The van der Waals surface area contributed by atoms with Crippen molar-refractivity contribution >= 4 is 11.5 Å². The van der Waals surface area contributed by atoms with E-state index in [1.54, 1.807) is 7.05 Å². The fourth-order valence-corrected chi connectivity index (χ4v) is 1.83. The van der Waals surface area contributed by atoms with Gasteiger partial charge < -0.3 is 15.8 Å². The third-order valence-corrected chi connectivity index (χ3v) is 3.84. The smallest absolute Gasteiger partial charge is 0.409 e. The average molecular weight is 303 g/mol. The van der Waals surface area contributed by atoms with E-state index in [4.69, 9.17) is 10.9 Å². The van der Waals surface area contributed by atoms with Gasteiger partial charge in [0.1, 0.15) is 0 Å². The van der Waals surface area contributed by atoms with E-state index in [9.17, 15) is 13.2 Å². The van der Waals surface area contributed by atoms with E-state index in [0.717, 1.165) is 18.6 Å². The van der Waals surface area contributed by atoms with Gasteiger partial charge in [-0.25, -0.2) is 0 Å². The Morgan fingerprint density at radius 1 is 1.33 bits per heavy atom. The summed E-state index contributed by atoms with van der Waals surface area (Å²) in [5.74, 6) is -0.352. The van der Waals surface area contributed by atoms with Crippen molar-refractivity contribution in [2.75, 3.05) is 11.9 Å². The summed E-state index contributed by atoms with van der Waals surface area (Å²) < 4.78 is 38.4. The fraction of sp³-hybridized carbons (Fsp3) is 0.500. The number of nitrogens with two attached hydrogens (primary N) is 1. The van der Waals surface area contributed by atoms with Gasteiger partial charge in [-0.1, -0.05) is 12.1 Å². The van der Waals surface area contributed by atoms with Crippen LogP contribution in [0.25, 0.3) is 0 Å². The zero-order valence-corrected chi connectivity index (χ0v) is 12.5. The predicted octanol–water partition coefficient (Wildman–Crippen LogP) is 3.42. The third kappa shape index (κ3) is 3.59. The highest BCUT2D eigenvalue weighted by Crippen LogP contribution is 2.34. The SMILES string of the molecule is CCC(C)(C)N(C)c1ccc(C(F)(F)F)cc1C(N)=NO. The minimum atomic E-state index is -4.48. The Morgan fingerprint density at radius 3 is 2.33 bits per heavy atom. The molecule has 0 fully saturated rings. The van der Waals surface area contributed by atoms with Gasteiger partial charge >= 0.3 is 6.18 Å². The zero-order chi connectivity index (χ0) is 16.4. The van der Waals surface area contributed by atoms with Crippen molar-refractivity contribution in [3.05, 3.63) is 29.3 Å². The van der Waals surface area contributed by atoms with Crippen LogP contribution >= 0.6 is 0 Å². The van der Waals surface area contributed by atoms with Crippen LogP contribution in [0.5, 0.6) is 0 Å². The lowest BCUT2D eigenvalue weighted by Crippen LogP contribution is -2.41. The Hall–Kier alpha value is -1.92. The Balaban J connectivity index is 3.47. The third-order valence-electron chi connectivity index (χ3n) is 3.84. The highest BCUT2D eigenvalue weighted by molar-refractivity contribution is 6.02. The average Bonchev–Trinajstić information content (AvgIpc) is 2.43. The van der Waals surface area contributed by atoms with Crippen LogP contribution in [0.2, 0.25) is 0 Å². The second kappa shape index (κ2) is 5.83. The Bertz CT molecular complexity index is 539. The van der Waals surface area contributed by atoms with Gasteiger partial charge in [-0.3, -0.25) is 0 Å². The molecule has 4 nitrogen and oxygen atoms in total. The molecule has 0 bridgehead atoms. The van der Waals surface area contributed by atoms with Crippen LogP contribution in [0.15, 0.2) is 23.4 Å². The molecule has 0 atom stereocenters. The molecule has 1 aromatic carbocycles. The first-order chi connectivity index (χ1) is 9.54. The van der Waals surface area contributed by atoms with Gasteiger partial charge in [-0.05, 0) is 38.5 Å². The van der Waals surface area contributed by atoms with E-state index in [2.05, 4.69) is 5.16 Å². The van der Waals surface area contributed by atoms with Gasteiger partial charge in [0.25, 0.3) is 0 Å². The number of benzene rings is 1. The molecule has 0 aliphatic heterocycles. The molecule has 1 aromatic rings. The van der Waals surface area contributed by atoms with Crippen LogP contribution in [0.3, 0.4) is 0 Å².